The van der Waals surface area contributed by atoms with E-state index in [9.17, 15) is 14.7 Å². The van der Waals surface area contributed by atoms with E-state index < -0.39 is 11.5 Å². The largest absolute Gasteiger partial charge is 0.508 e. The number of nitrogens with one attached hydrogen (secondary N) is 2. The predicted molar refractivity (Wildman–Crippen MR) is 88.7 cm³/mol. The van der Waals surface area contributed by atoms with E-state index in [0.717, 1.165) is 0 Å². The van der Waals surface area contributed by atoms with E-state index in [-0.39, 0.29) is 23.4 Å². The van der Waals surface area contributed by atoms with Gasteiger partial charge in [-0.15, -0.1) is 11.6 Å². The van der Waals surface area contributed by atoms with E-state index in [1.807, 2.05) is 0 Å². The van der Waals surface area contributed by atoms with Crippen molar-refractivity contribution in [2.75, 3.05) is 19.0 Å². The van der Waals surface area contributed by atoms with Crippen LogP contribution in [0.4, 0.5) is 0 Å². The number of alkyl halides is 1. The van der Waals surface area contributed by atoms with E-state index >= 15 is 0 Å². The van der Waals surface area contributed by atoms with Crippen LogP contribution < -0.4 is 15.4 Å². The lowest BCUT2D eigenvalue weighted by atomic mass is 9.95. The van der Waals surface area contributed by atoms with Crippen molar-refractivity contribution in [1.29, 1.82) is 0 Å². The number of phenols is 1. The van der Waals surface area contributed by atoms with Crippen molar-refractivity contribution < 1.29 is 19.4 Å². The van der Waals surface area contributed by atoms with E-state index in [0.29, 0.717) is 18.8 Å². The molecule has 1 aromatic rings. The number of carbonyl (C=O) groups excluding carboxylic acids is 2. The van der Waals surface area contributed by atoms with Crippen LogP contribution in [0.2, 0.25) is 0 Å². The maximum atomic E-state index is 11.9. The van der Waals surface area contributed by atoms with Crippen LogP contribution in [0, 0.1) is 5.41 Å². The van der Waals surface area contributed by atoms with Crippen molar-refractivity contribution in [2.45, 2.75) is 26.9 Å². The number of benzene rings is 1. The fraction of sp³-hybridized carbons (Fsp3) is 0.500. The van der Waals surface area contributed by atoms with Gasteiger partial charge in [0.1, 0.15) is 11.5 Å². The Morgan fingerprint density at radius 3 is 2.35 bits per heavy atom. The molecule has 3 N–H and O–H groups in total. The molecule has 23 heavy (non-hydrogen) atoms. The number of rotatable bonds is 8. The van der Waals surface area contributed by atoms with Crippen molar-refractivity contribution in [3.05, 3.63) is 24.3 Å². The molecule has 0 aliphatic rings. The Morgan fingerprint density at radius 1 is 1.22 bits per heavy atom. The molecule has 0 radical (unpaired) electrons. The monoisotopic (exact) mass is 342 g/mol. The van der Waals surface area contributed by atoms with Crippen LogP contribution in [0.25, 0.3) is 0 Å². The first-order valence-corrected chi connectivity index (χ1v) is 7.87. The average Bonchev–Trinajstić information content (AvgIpc) is 2.53. The highest BCUT2D eigenvalue weighted by Crippen LogP contribution is 2.17. The lowest BCUT2D eigenvalue weighted by Crippen LogP contribution is -2.44. The quantitative estimate of drug-likeness (QED) is 0.495. The van der Waals surface area contributed by atoms with Gasteiger partial charge in [0.2, 0.25) is 5.91 Å². The van der Waals surface area contributed by atoms with Gasteiger partial charge in [0, 0.05) is 19.0 Å². The Kier molecular flexibility index (Phi) is 7.16. The van der Waals surface area contributed by atoms with Gasteiger partial charge in [-0.25, -0.2) is 0 Å². The van der Waals surface area contributed by atoms with Crippen LogP contribution >= 0.6 is 11.6 Å². The fourth-order valence-electron chi connectivity index (χ4n) is 1.59. The Bertz CT molecular complexity index is 531. The molecule has 1 aromatic carbocycles. The number of ether oxygens (including phenoxy) is 1. The molecule has 128 valence electrons. The Labute approximate surface area is 141 Å². The van der Waals surface area contributed by atoms with Gasteiger partial charge in [0.25, 0.3) is 5.91 Å². The van der Waals surface area contributed by atoms with Gasteiger partial charge in [-0.05, 0) is 45.0 Å². The summed E-state index contributed by atoms with van der Waals surface area (Å²) >= 11 is 5.72. The minimum Gasteiger partial charge on any atom is -0.508 e. The van der Waals surface area contributed by atoms with Crippen molar-refractivity contribution in [3.63, 3.8) is 0 Å². The highest BCUT2D eigenvalue weighted by molar-refractivity contribution is 6.19. The second-order valence-electron chi connectivity index (χ2n) is 5.82. The second-order valence-corrected chi connectivity index (χ2v) is 6.09. The molecular formula is C16H23ClN2O4. The van der Waals surface area contributed by atoms with E-state index in [4.69, 9.17) is 16.3 Å². The summed E-state index contributed by atoms with van der Waals surface area (Å²) in [7, 11) is 0. The topological polar surface area (TPSA) is 87.7 Å². The van der Waals surface area contributed by atoms with Crippen LogP contribution in [0.1, 0.15) is 20.8 Å². The summed E-state index contributed by atoms with van der Waals surface area (Å²) < 4.78 is 5.45. The molecule has 1 rings (SSSR count). The first kappa shape index (κ1) is 19.1. The SMILES string of the molecule is CC(Oc1ccc(O)cc1)C(=O)NCCNC(=O)C(C)(C)CCl. The van der Waals surface area contributed by atoms with Crippen LogP contribution in [-0.4, -0.2) is 42.0 Å². The lowest BCUT2D eigenvalue weighted by Gasteiger charge is -2.20. The minimum atomic E-state index is -0.686. The fourth-order valence-corrected chi connectivity index (χ4v) is 1.71. The first-order chi connectivity index (χ1) is 10.8. The molecule has 0 aromatic heterocycles. The summed E-state index contributed by atoms with van der Waals surface area (Å²) in [5.41, 5.74) is -0.638. The molecule has 0 heterocycles. The van der Waals surface area contributed by atoms with E-state index in [2.05, 4.69) is 10.6 Å². The third kappa shape index (κ3) is 6.36. The Balaban J connectivity index is 2.30. The van der Waals surface area contributed by atoms with E-state index in [1.165, 1.54) is 12.1 Å². The lowest BCUT2D eigenvalue weighted by molar-refractivity contribution is -0.129. The molecule has 0 fully saturated rings. The minimum absolute atomic E-state index is 0.130. The summed E-state index contributed by atoms with van der Waals surface area (Å²) in [5, 5.41) is 14.6. The molecule has 0 bridgehead atoms. The Morgan fingerprint density at radius 2 is 1.78 bits per heavy atom. The second kappa shape index (κ2) is 8.62. The van der Waals surface area contributed by atoms with Gasteiger partial charge < -0.3 is 20.5 Å². The average molecular weight is 343 g/mol. The standard InChI is InChI=1S/C16H23ClN2O4/c1-11(23-13-6-4-12(20)5-7-13)14(21)18-8-9-19-15(22)16(2,3)10-17/h4-7,11,20H,8-10H2,1-3H3,(H,18,21)(H,19,22). The van der Waals surface area contributed by atoms with Gasteiger partial charge in [-0.1, -0.05) is 0 Å². The van der Waals surface area contributed by atoms with Gasteiger partial charge in [-0.3, -0.25) is 9.59 Å². The summed E-state index contributed by atoms with van der Waals surface area (Å²) in [6.45, 7) is 5.74. The number of aromatic hydroxyl groups is 1. The van der Waals surface area contributed by atoms with E-state index in [1.54, 1.807) is 32.9 Å². The molecule has 0 aliphatic heterocycles. The number of halogens is 1. The molecule has 1 unspecified atom stereocenters. The molecular weight excluding hydrogens is 320 g/mol. The highest BCUT2D eigenvalue weighted by Gasteiger charge is 2.25. The zero-order valence-corrected chi connectivity index (χ0v) is 14.3. The summed E-state index contributed by atoms with van der Waals surface area (Å²) in [4.78, 5) is 23.7. The number of phenolic OH excluding ortho intramolecular Hbond substituents is 1. The number of amides is 2. The van der Waals surface area contributed by atoms with Crippen molar-refractivity contribution >= 4 is 23.4 Å². The van der Waals surface area contributed by atoms with Crippen molar-refractivity contribution in [1.82, 2.24) is 10.6 Å². The van der Waals surface area contributed by atoms with Crippen LogP contribution in [0.5, 0.6) is 11.5 Å². The highest BCUT2D eigenvalue weighted by atomic mass is 35.5. The van der Waals surface area contributed by atoms with Gasteiger partial charge in [0.15, 0.2) is 6.10 Å². The summed E-state index contributed by atoms with van der Waals surface area (Å²) in [5.74, 6) is 0.398. The number of carbonyl (C=O) groups is 2. The molecule has 0 saturated carbocycles. The van der Waals surface area contributed by atoms with Gasteiger partial charge in [0.05, 0.1) is 5.41 Å². The first-order valence-electron chi connectivity index (χ1n) is 7.34. The Hall–Kier alpha value is -1.95. The maximum Gasteiger partial charge on any atom is 0.260 e. The zero-order chi connectivity index (χ0) is 17.5. The number of hydrogen-bond donors (Lipinski definition) is 3. The predicted octanol–water partition coefficient (Wildman–Crippen LogP) is 1.66. The van der Waals surface area contributed by atoms with Gasteiger partial charge >= 0.3 is 0 Å². The zero-order valence-electron chi connectivity index (χ0n) is 13.6. The third-order valence-corrected chi connectivity index (χ3v) is 3.85. The summed E-state index contributed by atoms with van der Waals surface area (Å²) in [6, 6.07) is 6.11. The van der Waals surface area contributed by atoms with Crippen LogP contribution in [0.3, 0.4) is 0 Å². The van der Waals surface area contributed by atoms with Crippen LogP contribution in [-0.2, 0) is 9.59 Å². The van der Waals surface area contributed by atoms with Crippen LogP contribution in [0.15, 0.2) is 24.3 Å². The number of hydrogen-bond acceptors (Lipinski definition) is 4. The van der Waals surface area contributed by atoms with Crippen molar-refractivity contribution in [2.24, 2.45) is 5.41 Å². The normalized spacial score (nSPS) is 12.3. The smallest absolute Gasteiger partial charge is 0.260 e. The molecule has 0 aliphatic carbocycles. The molecule has 2 amide bonds. The maximum absolute atomic E-state index is 11.9. The van der Waals surface area contributed by atoms with Crippen molar-refractivity contribution in [3.8, 4) is 11.5 Å². The third-order valence-electron chi connectivity index (χ3n) is 3.18. The molecule has 0 spiro atoms. The summed E-state index contributed by atoms with van der Waals surface area (Å²) in [6.07, 6.45) is -0.686. The molecule has 7 heteroatoms. The molecule has 1 atom stereocenters. The molecule has 0 saturated heterocycles. The van der Waals surface area contributed by atoms with Gasteiger partial charge in [-0.2, -0.15) is 0 Å². The molecule has 6 nitrogen and oxygen atoms in total.